The summed E-state index contributed by atoms with van der Waals surface area (Å²) in [4.78, 5) is 19.2. The number of methoxy groups -OCH3 is 1. The molecule has 0 saturated carbocycles. The molecule has 0 radical (unpaired) electrons. The van der Waals surface area contributed by atoms with E-state index in [2.05, 4.69) is 19.2 Å². The molecule has 0 saturated heterocycles. The molecule has 1 heterocycles. The van der Waals surface area contributed by atoms with Crippen LogP contribution in [-0.4, -0.2) is 43.5 Å². The van der Waals surface area contributed by atoms with E-state index in [1.807, 2.05) is 30.3 Å². The van der Waals surface area contributed by atoms with Crippen LogP contribution in [0, 0.1) is 0 Å². The zero-order valence-corrected chi connectivity index (χ0v) is 21.2. The van der Waals surface area contributed by atoms with Crippen molar-refractivity contribution in [3.63, 3.8) is 0 Å². The first-order valence-electron chi connectivity index (χ1n) is 11.4. The lowest BCUT2D eigenvalue weighted by molar-refractivity contribution is 0.290. The predicted octanol–water partition coefficient (Wildman–Crippen LogP) is 5.56. The SMILES string of the molecule is CCCCC1(CC)CS(O)(O)c2cc(CCP(=O)(O)O)c(OC)cc2C(c2ccccc2)N1. The van der Waals surface area contributed by atoms with Crippen LogP contribution < -0.4 is 10.1 Å². The molecular weight excluding hydrogens is 461 g/mol. The summed E-state index contributed by atoms with van der Waals surface area (Å²) in [5.74, 6) is 0.676. The number of ether oxygens (including phenoxy) is 1. The Labute approximate surface area is 198 Å². The molecule has 0 fully saturated rings. The lowest BCUT2D eigenvalue weighted by Crippen LogP contribution is -2.49. The summed E-state index contributed by atoms with van der Waals surface area (Å²) in [5, 5.41) is 3.79. The minimum atomic E-state index is -4.22. The fourth-order valence-electron chi connectivity index (χ4n) is 4.62. The highest BCUT2D eigenvalue weighted by molar-refractivity contribution is 8.24. The van der Waals surface area contributed by atoms with Gasteiger partial charge in [0.05, 0.1) is 30.0 Å². The Morgan fingerprint density at radius 1 is 1.18 bits per heavy atom. The first kappa shape index (κ1) is 26.2. The molecule has 184 valence electrons. The maximum atomic E-state index is 11.5. The summed E-state index contributed by atoms with van der Waals surface area (Å²) in [7, 11) is -5.88. The summed E-state index contributed by atoms with van der Waals surface area (Å²) in [6.07, 6.45) is 3.26. The van der Waals surface area contributed by atoms with Crippen LogP contribution in [0.2, 0.25) is 0 Å². The quantitative estimate of drug-likeness (QED) is 0.288. The van der Waals surface area contributed by atoms with E-state index in [0.29, 0.717) is 16.2 Å². The lowest BCUT2D eigenvalue weighted by Gasteiger charge is -2.42. The third-order valence-electron chi connectivity index (χ3n) is 6.50. The summed E-state index contributed by atoms with van der Waals surface area (Å²) < 4.78 is 40.0. The minimum absolute atomic E-state index is 0.0778. The third kappa shape index (κ3) is 6.20. The molecule has 2 unspecified atom stereocenters. The maximum absolute atomic E-state index is 11.5. The standard InChI is InChI=1S/C24H36NO6PS/c1-4-6-13-24(5-2)17-33(29,30)22-15-19(12-14-32(26,27)28)21(31-3)16-20(22)23(25-24)18-10-8-7-9-11-18/h7-11,15-16,23,25,29-30H,4-6,12-14,17H2,1-3H3,(H2,26,27,28). The van der Waals surface area contributed by atoms with Crippen LogP contribution in [-0.2, 0) is 11.0 Å². The molecule has 0 spiro atoms. The Hall–Kier alpha value is -1.38. The van der Waals surface area contributed by atoms with Crippen LogP contribution in [0.5, 0.6) is 5.75 Å². The second-order valence-electron chi connectivity index (χ2n) is 8.88. The van der Waals surface area contributed by atoms with Gasteiger partial charge in [0.15, 0.2) is 0 Å². The molecule has 3 rings (SSSR count). The van der Waals surface area contributed by atoms with E-state index in [1.54, 1.807) is 12.1 Å². The highest BCUT2D eigenvalue weighted by Gasteiger charge is 2.42. The van der Waals surface area contributed by atoms with E-state index in [1.165, 1.54) is 7.11 Å². The molecule has 0 aliphatic carbocycles. The van der Waals surface area contributed by atoms with Crippen molar-refractivity contribution >= 4 is 18.2 Å². The fraction of sp³-hybridized carbons (Fsp3) is 0.500. The van der Waals surface area contributed by atoms with Gasteiger partial charge in [0.25, 0.3) is 0 Å². The van der Waals surface area contributed by atoms with Crippen molar-refractivity contribution in [1.82, 2.24) is 5.32 Å². The van der Waals surface area contributed by atoms with Gasteiger partial charge in [0.1, 0.15) is 5.75 Å². The molecule has 1 aliphatic heterocycles. The summed E-state index contributed by atoms with van der Waals surface area (Å²) in [6.45, 7) is 4.20. The van der Waals surface area contributed by atoms with Gasteiger partial charge < -0.3 is 14.5 Å². The average molecular weight is 498 g/mol. The molecule has 1 aliphatic rings. The van der Waals surface area contributed by atoms with Gasteiger partial charge >= 0.3 is 7.60 Å². The van der Waals surface area contributed by atoms with Gasteiger partial charge in [-0.25, -0.2) is 0 Å². The Bertz CT molecular complexity index is 996. The molecule has 2 atom stereocenters. The number of hydrogen-bond acceptors (Lipinski definition) is 5. The zero-order valence-electron chi connectivity index (χ0n) is 19.5. The van der Waals surface area contributed by atoms with Crippen molar-refractivity contribution in [2.75, 3.05) is 19.0 Å². The molecule has 0 bridgehead atoms. The molecule has 7 nitrogen and oxygen atoms in total. The molecular formula is C24H36NO6PS. The van der Waals surface area contributed by atoms with Gasteiger partial charge in [-0.15, -0.1) is 0 Å². The Kier molecular flexibility index (Phi) is 8.33. The molecule has 33 heavy (non-hydrogen) atoms. The molecule has 0 amide bonds. The molecule has 0 aromatic heterocycles. The van der Waals surface area contributed by atoms with Crippen LogP contribution >= 0.6 is 18.2 Å². The van der Waals surface area contributed by atoms with E-state index in [-0.39, 0.29) is 24.4 Å². The van der Waals surface area contributed by atoms with Gasteiger partial charge in [0.2, 0.25) is 0 Å². The van der Waals surface area contributed by atoms with Crippen LogP contribution in [0.1, 0.15) is 62.3 Å². The van der Waals surface area contributed by atoms with Gasteiger partial charge in [-0.1, -0.05) is 57.0 Å². The Morgan fingerprint density at radius 3 is 2.45 bits per heavy atom. The minimum Gasteiger partial charge on any atom is -0.496 e. The number of nitrogens with one attached hydrogen (secondary N) is 1. The van der Waals surface area contributed by atoms with E-state index in [0.717, 1.165) is 36.8 Å². The molecule has 2 aromatic rings. The number of rotatable bonds is 9. The van der Waals surface area contributed by atoms with Gasteiger partial charge in [-0.05, 0) is 42.5 Å². The lowest BCUT2D eigenvalue weighted by atomic mass is 9.87. The monoisotopic (exact) mass is 497 g/mol. The highest BCUT2D eigenvalue weighted by Crippen LogP contribution is 2.58. The predicted molar refractivity (Wildman–Crippen MR) is 134 cm³/mol. The number of fused-ring (bicyclic) bond motifs is 1. The van der Waals surface area contributed by atoms with Gasteiger partial charge in [-0.2, -0.15) is 10.6 Å². The smallest absolute Gasteiger partial charge is 0.325 e. The molecule has 9 heteroatoms. The molecule has 5 N–H and O–H groups in total. The van der Waals surface area contributed by atoms with Crippen LogP contribution in [0.3, 0.4) is 0 Å². The van der Waals surface area contributed by atoms with E-state index < -0.39 is 23.7 Å². The maximum Gasteiger partial charge on any atom is 0.325 e. The second kappa shape index (κ2) is 10.5. The summed E-state index contributed by atoms with van der Waals surface area (Å²) >= 11 is 0. The van der Waals surface area contributed by atoms with Crippen molar-refractivity contribution in [3.05, 3.63) is 59.2 Å². The van der Waals surface area contributed by atoms with Crippen molar-refractivity contribution < 1.29 is 28.2 Å². The molecule has 2 aromatic carbocycles. The van der Waals surface area contributed by atoms with Crippen molar-refractivity contribution in [2.24, 2.45) is 0 Å². The van der Waals surface area contributed by atoms with Crippen LogP contribution in [0.25, 0.3) is 0 Å². The number of hydrogen-bond donors (Lipinski definition) is 5. The normalized spacial score (nSPS) is 23.4. The fourth-order valence-corrected chi connectivity index (χ4v) is 7.39. The van der Waals surface area contributed by atoms with Crippen LogP contribution in [0.15, 0.2) is 47.4 Å². The zero-order chi connectivity index (χ0) is 24.3. The first-order valence-corrected chi connectivity index (χ1v) is 14.9. The summed E-state index contributed by atoms with van der Waals surface area (Å²) in [6, 6.07) is 13.1. The number of unbranched alkanes of at least 4 members (excludes halogenated alkanes) is 1. The average Bonchev–Trinajstić information content (AvgIpc) is 2.88. The van der Waals surface area contributed by atoms with Crippen molar-refractivity contribution in [1.29, 1.82) is 0 Å². The Morgan fingerprint density at radius 2 is 1.88 bits per heavy atom. The highest BCUT2D eigenvalue weighted by atomic mass is 32.3. The third-order valence-corrected chi connectivity index (χ3v) is 9.31. The first-order chi connectivity index (χ1) is 15.5. The van der Waals surface area contributed by atoms with Gasteiger partial charge in [0, 0.05) is 11.1 Å². The van der Waals surface area contributed by atoms with E-state index in [4.69, 9.17) is 4.74 Å². The van der Waals surface area contributed by atoms with E-state index in [9.17, 15) is 23.5 Å². The van der Waals surface area contributed by atoms with Crippen molar-refractivity contribution in [3.8, 4) is 5.75 Å². The number of benzene rings is 2. The Balaban J connectivity index is 2.20. The largest absolute Gasteiger partial charge is 0.496 e. The van der Waals surface area contributed by atoms with Gasteiger partial charge in [-0.3, -0.25) is 19.0 Å². The van der Waals surface area contributed by atoms with Crippen LogP contribution in [0.4, 0.5) is 0 Å². The second-order valence-corrected chi connectivity index (χ2v) is 12.7. The topological polar surface area (TPSA) is 119 Å². The number of aryl methyl sites for hydroxylation is 1. The summed E-state index contributed by atoms with van der Waals surface area (Å²) in [5.41, 5.74) is 1.83. The van der Waals surface area contributed by atoms with E-state index >= 15 is 0 Å². The van der Waals surface area contributed by atoms with Crippen molar-refractivity contribution in [2.45, 2.75) is 62.4 Å².